The molecule has 2 atom stereocenters. The Labute approximate surface area is 99.5 Å². The summed E-state index contributed by atoms with van der Waals surface area (Å²) < 4.78 is 9.87. The summed E-state index contributed by atoms with van der Waals surface area (Å²) in [6, 6.07) is -1.16. The number of methoxy groups -OCH3 is 1. The maximum Gasteiger partial charge on any atom is 0.320 e. The van der Waals surface area contributed by atoms with Gasteiger partial charge in [0.25, 0.3) is 0 Å². The number of hydrogen-bond acceptors (Lipinski definition) is 5. The van der Waals surface area contributed by atoms with Crippen LogP contribution in [0.2, 0.25) is 0 Å². The minimum Gasteiger partial charge on any atom is -0.481 e. The van der Waals surface area contributed by atoms with Crippen LogP contribution in [0.15, 0.2) is 0 Å². The first-order chi connectivity index (χ1) is 7.99. The van der Waals surface area contributed by atoms with Crippen molar-refractivity contribution in [2.24, 2.45) is 11.7 Å². The fourth-order valence-electron chi connectivity index (χ4n) is 1.22. The van der Waals surface area contributed by atoms with Crippen molar-refractivity contribution in [3.8, 4) is 0 Å². The molecule has 0 aromatic heterocycles. The predicted molar refractivity (Wildman–Crippen MR) is 58.7 cm³/mol. The first kappa shape index (κ1) is 15.8. The lowest BCUT2D eigenvalue weighted by atomic mass is 9.97. The zero-order valence-corrected chi connectivity index (χ0v) is 9.80. The lowest BCUT2D eigenvalue weighted by Crippen LogP contribution is -2.34. The molecule has 1 unspecified atom stereocenters. The van der Waals surface area contributed by atoms with Gasteiger partial charge in [0, 0.05) is 13.7 Å². The smallest absolute Gasteiger partial charge is 0.320 e. The SMILES string of the molecule is COCCOCCC(C[C@@H](N)C(=O)O)C(=O)O. The monoisotopic (exact) mass is 249 g/mol. The summed E-state index contributed by atoms with van der Waals surface area (Å²) in [7, 11) is 1.54. The average Bonchev–Trinajstić information content (AvgIpc) is 2.26. The van der Waals surface area contributed by atoms with E-state index in [0.29, 0.717) is 13.2 Å². The van der Waals surface area contributed by atoms with Crippen LogP contribution in [0.4, 0.5) is 0 Å². The molecule has 4 N–H and O–H groups in total. The molecule has 0 aliphatic carbocycles. The summed E-state index contributed by atoms with van der Waals surface area (Å²) in [6.45, 7) is 1.06. The number of nitrogens with two attached hydrogens (primary N) is 1. The second-order valence-corrected chi connectivity index (χ2v) is 3.61. The van der Waals surface area contributed by atoms with E-state index >= 15 is 0 Å². The molecular formula is C10H19NO6. The highest BCUT2D eigenvalue weighted by Gasteiger charge is 2.23. The molecule has 100 valence electrons. The fraction of sp³-hybridized carbons (Fsp3) is 0.800. The van der Waals surface area contributed by atoms with Gasteiger partial charge in [0.1, 0.15) is 6.04 Å². The third-order valence-corrected chi connectivity index (χ3v) is 2.25. The molecule has 0 spiro atoms. The van der Waals surface area contributed by atoms with Crippen molar-refractivity contribution >= 4 is 11.9 Å². The van der Waals surface area contributed by atoms with Crippen LogP contribution < -0.4 is 5.73 Å². The van der Waals surface area contributed by atoms with E-state index in [0.717, 1.165) is 0 Å². The van der Waals surface area contributed by atoms with E-state index in [1.807, 2.05) is 0 Å². The summed E-state index contributed by atoms with van der Waals surface area (Å²) in [5.74, 6) is -3.06. The van der Waals surface area contributed by atoms with Crippen molar-refractivity contribution in [1.29, 1.82) is 0 Å². The van der Waals surface area contributed by atoms with Gasteiger partial charge >= 0.3 is 11.9 Å². The highest BCUT2D eigenvalue weighted by molar-refractivity contribution is 5.75. The van der Waals surface area contributed by atoms with Gasteiger partial charge in [0.05, 0.1) is 19.1 Å². The number of ether oxygens (including phenoxy) is 2. The number of rotatable bonds is 10. The Morgan fingerprint density at radius 2 is 1.82 bits per heavy atom. The molecule has 0 aliphatic rings. The van der Waals surface area contributed by atoms with E-state index in [-0.39, 0.29) is 19.4 Å². The second-order valence-electron chi connectivity index (χ2n) is 3.61. The molecule has 0 saturated carbocycles. The van der Waals surface area contributed by atoms with Crippen LogP contribution in [0.1, 0.15) is 12.8 Å². The molecule has 7 heteroatoms. The Morgan fingerprint density at radius 3 is 2.29 bits per heavy atom. The van der Waals surface area contributed by atoms with Gasteiger partial charge in [0.2, 0.25) is 0 Å². The minimum absolute atomic E-state index is 0.0989. The lowest BCUT2D eigenvalue weighted by Gasteiger charge is -2.14. The van der Waals surface area contributed by atoms with Gasteiger partial charge in [-0.05, 0) is 12.8 Å². The van der Waals surface area contributed by atoms with Gasteiger partial charge in [-0.15, -0.1) is 0 Å². The van der Waals surface area contributed by atoms with Crippen LogP contribution in [-0.4, -0.2) is 55.1 Å². The van der Waals surface area contributed by atoms with Crippen molar-refractivity contribution in [1.82, 2.24) is 0 Å². The van der Waals surface area contributed by atoms with Crippen LogP contribution >= 0.6 is 0 Å². The van der Waals surface area contributed by atoms with E-state index in [1.54, 1.807) is 0 Å². The molecule has 0 amide bonds. The van der Waals surface area contributed by atoms with E-state index in [9.17, 15) is 9.59 Å². The number of hydrogen-bond donors (Lipinski definition) is 3. The van der Waals surface area contributed by atoms with Crippen molar-refractivity contribution in [3.05, 3.63) is 0 Å². The van der Waals surface area contributed by atoms with Crippen molar-refractivity contribution in [2.45, 2.75) is 18.9 Å². The number of carbonyl (C=O) groups is 2. The molecule has 0 aromatic carbocycles. The topological polar surface area (TPSA) is 119 Å². The van der Waals surface area contributed by atoms with Crippen LogP contribution in [0, 0.1) is 5.92 Å². The van der Waals surface area contributed by atoms with E-state index in [1.165, 1.54) is 7.11 Å². The highest BCUT2D eigenvalue weighted by atomic mass is 16.5. The summed E-state index contributed by atoms with van der Waals surface area (Å²) in [5, 5.41) is 17.5. The number of carboxylic acid groups (broad SMARTS) is 2. The van der Waals surface area contributed by atoms with Crippen LogP contribution in [0.5, 0.6) is 0 Å². The summed E-state index contributed by atoms with van der Waals surface area (Å²) in [6.07, 6.45) is 0.137. The fourth-order valence-corrected chi connectivity index (χ4v) is 1.22. The summed E-state index contributed by atoms with van der Waals surface area (Å²) >= 11 is 0. The Balaban J connectivity index is 3.91. The molecule has 17 heavy (non-hydrogen) atoms. The first-order valence-corrected chi connectivity index (χ1v) is 5.27. The molecule has 0 heterocycles. The Morgan fingerprint density at radius 1 is 1.18 bits per heavy atom. The third kappa shape index (κ3) is 7.67. The lowest BCUT2D eigenvalue weighted by molar-refractivity contribution is -0.144. The van der Waals surface area contributed by atoms with Crippen molar-refractivity contribution in [3.63, 3.8) is 0 Å². The maximum atomic E-state index is 10.8. The molecule has 7 nitrogen and oxygen atoms in total. The van der Waals surface area contributed by atoms with Crippen molar-refractivity contribution < 1.29 is 29.3 Å². The quantitative estimate of drug-likeness (QED) is 0.448. The molecule has 0 fully saturated rings. The number of aliphatic carboxylic acids is 2. The zero-order valence-electron chi connectivity index (χ0n) is 9.80. The Bertz CT molecular complexity index is 245. The largest absolute Gasteiger partial charge is 0.481 e. The normalized spacial score (nSPS) is 14.2. The molecule has 0 saturated heterocycles. The molecule has 0 radical (unpaired) electrons. The molecule has 0 aliphatic heterocycles. The van der Waals surface area contributed by atoms with E-state index < -0.39 is 23.9 Å². The molecule has 0 rings (SSSR count). The van der Waals surface area contributed by atoms with Crippen LogP contribution in [0.25, 0.3) is 0 Å². The summed E-state index contributed by atoms with van der Waals surface area (Å²) in [5.41, 5.74) is 5.28. The predicted octanol–water partition coefficient (Wildman–Crippen LogP) is -0.458. The Hall–Kier alpha value is -1.18. The highest BCUT2D eigenvalue weighted by Crippen LogP contribution is 2.11. The van der Waals surface area contributed by atoms with Gasteiger partial charge in [-0.2, -0.15) is 0 Å². The van der Waals surface area contributed by atoms with Gasteiger partial charge in [-0.3, -0.25) is 9.59 Å². The number of carboxylic acids is 2. The van der Waals surface area contributed by atoms with Crippen molar-refractivity contribution in [2.75, 3.05) is 26.9 Å². The third-order valence-electron chi connectivity index (χ3n) is 2.25. The first-order valence-electron chi connectivity index (χ1n) is 5.27. The van der Waals surface area contributed by atoms with E-state index in [4.69, 9.17) is 25.4 Å². The van der Waals surface area contributed by atoms with Gasteiger partial charge in [-0.25, -0.2) is 0 Å². The zero-order chi connectivity index (χ0) is 13.3. The summed E-state index contributed by atoms with van der Waals surface area (Å²) in [4.78, 5) is 21.4. The van der Waals surface area contributed by atoms with Gasteiger partial charge < -0.3 is 25.4 Å². The average molecular weight is 249 g/mol. The van der Waals surface area contributed by atoms with Gasteiger partial charge in [-0.1, -0.05) is 0 Å². The second kappa shape index (κ2) is 8.91. The van der Waals surface area contributed by atoms with E-state index in [2.05, 4.69) is 0 Å². The Kier molecular flexibility index (Phi) is 8.29. The van der Waals surface area contributed by atoms with Crippen LogP contribution in [0.3, 0.4) is 0 Å². The standard InChI is InChI=1S/C10H19NO6/c1-16-4-5-17-3-2-7(9(12)13)6-8(11)10(14)15/h7-8H,2-6,11H2,1H3,(H,12,13)(H,14,15)/t7?,8-/m1/s1. The van der Waals surface area contributed by atoms with Gasteiger partial charge in [0.15, 0.2) is 0 Å². The minimum atomic E-state index is -1.20. The maximum absolute atomic E-state index is 10.8. The molecular weight excluding hydrogens is 230 g/mol. The molecule has 0 aromatic rings. The molecule has 0 bridgehead atoms. The van der Waals surface area contributed by atoms with Crippen LogP contribution in [-0.2, 0) is 19.1 Å².